The van der Waals surface area contributed by atoms with Gasteiger partial charge in [0, 0.05) is 30.6 Å². The van der Waals surface area contributed by atoms with Crippen LogP contribution in [0.1, 0.15) is 26.2 Å². The second kappa shape index (κ2) is 6.02. The fraction of sp³-hybridized carbons (Fsp3) is 0.350. The van der Waals surface area contributed by atoms with Crippen molar-refractivity contribution in [3.8, 4) is 28.6 Å². The summed E-state index contributed by atoms with van der Waals surface area (Å²) in [5.74, 6) is 0.126. The summed E-state index contributed by atoms with van der Waals surface area (Å²) in [6.07, 6.45) is 14.0. The molecule has 8 nitrogen and oxygen atoms in total. The van der Waals surface area contributed by atoms with Crippen molar-refractivity contribution < 1.29 is 0 Å². The number of aromatic nitrogens is 7. The number of hydrogen-bond donors (Lipinski definition) is 0. The third kappa shape index (κ3) is 2.43. The average Bonchev–Trinajstić information content (AvgIpc) is 3.41. The highest BCUT2D eigenvalue weighted by Crippen LogP contribution is 2.46. The number of fused-ring (bicyclic) bond motifs is 1. The Kier molecular flexibility index (Phi) is 3.59. The second-order valence-corrected chi connectivity index (χ2v) is 7.52. The molecule has 1 aliphatic carbocycles. The quantitative estimate of drug-likeness (QED) is 0.549. The molecule has 0 N–H and O–H groups in total. The van der Waals surface area contributed by atoms with Gasteiger partial charge in [0.2, 0.25) is 0 Å². The Balaban J connectivity index is 1.59. The molecule has 8 heteroatoms. The Hall–Kier alpha value is -3.47. The van der Waals surface area contributed by atoms with Crippen molar-refractivity contribution in [2.24, 2.45) is 13.0 Å². The van der Waals surface area contributed by atoms with E-state index in [4.69, 9.17) is 4.98 Å². The van der Waals surface area contributed by atoms with Crippen molar-refractivity contribution in [3.05, 3.63) is 43.2 Å². The lowest BCUT2D eigenvalue weighted by atomic mass is 9.67. The Labute approximate surface area is 162 Å². The topological polar surface area (TPSA) is 89.6 Å². The van der Waals surface area contributed by atoms with Gasteiger partial charge in [-0.3, -0.25) is 9.36 Å². The van der Waals surface area contributed by atoms with Gasteiger partial charge in [-0.15, -0.1) is 0 Å². The predicted molar refractivity (Wildman–Crippen MR) is 103 cm³/mol. The lowest BCUT2D eigenvalue weighted by Gasteiger charge is -2.44. The SMILES string of the molecule is CC[C@]1(n2cc(-c3nc(-c4cnn(C)c4)cn4nccc34)cn2)C[C@@H](C#N)C1. The van der Waals surface area contributed by atoms with Gasteiger partial charge in [0.25, 0.3) is 0 Å². The molecule has 0 spiro atoms. The standard InChI is InChI=1S/C20H20N8/c1-3-20(6-14(7-20)8-21)28-12-16(10-24-28)19-18-4-5-22-27(18)13-17(25-19)15-9-23-26(2)11-15/h4-5,9-14H,3,6-7H2,1-2H3/t14-,20+. The average molecular weight is 372 g/mol. The summed E-state index contributed by atoms with van der Waals surface area (Å²) in [5, 5.41) is 22.5. The minimum Gasteiger partial charge on any atom is -0.275 e. The fourth-order valence-electron chi connectivity index (χ4n) is 4.12. The lowest BCUT2D eigenvalue weighted by Crippen LogP contribution is -2.45. The molecule has 4 aromatic heterocycles. The number of aryl methyl sites for hydroxylation is 1. The Morgan fingerprint density at radius 1 is 1.14 bits per heavy atom. The van der Waals surface area contributed by atoms with Crippen LogP contribution in [0.5, 0.6) is 0 Å². The number of hydrogen-bond acceptors (Lipinski definition) is 5. The van der Waals surface area contributed by atoms with Crippen molar-refractivity contribution in [2.45, 2.75) is 31.7 Å². The van der Waals surface area contributed by atoms with Gasteiger partial charge in [-0.2, -0.15) is 20.6 Å². The van der Waals surface area contributed by atoms with Gasteiger partial charge < -0.3 is 0 Å². The molecule has 0 aromatic carbocycles. The van der Waals surface area contributed by atoms with E-state index in [1.54, 1.807) is 17.1 Å². The van der Waals surface area contributed by atoms with E-state index in [0.29, 0.717) is 0 Å². The summed E-state index contributed by atoms with van der Waals surface area (Å²) in [5.41, 5.74) is 4.41. The van der Waals surface area contributed by atoms with E-state index in [1.165, 1.54) is 0 Å². The molecule has 5 rings (SSSR count). The molecule has 28 heavy (non-hydrogen) atoms. The van der Waals surface area contributed by atoms with Gasteiger partial charge >= 0.3 is 0 Å². The largest absolute Gasteiger partial charge is 0.275 e. The number of nitrogens with zero attached hydrogens (tertiary/aromatic N) is 8. The van der Waals surface area contributed by atoms with Crippen LogP contribution >= 0.6 is 0 Å². The number of nitriles is 1. The molecule has 1 aliphatic rings. The van der Waals surface area contributed by atoms with Gasteiger partial charge in [-0.05, 0) is 25.3 Å². The van der Waals surface area contributed by atoms with E-state index in [1.807, 2.05) is 40.9 Å². The Morgan fingerprint density at radius 3 is 2.68 bits per heavy atom. The van der Waals surface area contributed by atoms with Crippen molar-refractivity contribution in [1.82, 2.24) is 34.2 Å². The Bertz CT molecular complexity index is 1200. The van der Waals surface area contributed by atoms with Gasteiger partial charge in [0.1, 0.15) is 0 Å². The Morgan fingerprint density at radius 2 is 1.96 bits per heavy atom. The first-order valence-corrected chi connectivity index (χ1v) is 9.40. The van der Waals surface area contributed by atoms with Crippen molar-refractivity contribution in [1.29, 1.82) is 5.26 Å². The van der Waals surface area contributed by atoms with Crippen LogP contribution in [0.25, 0.3) is 28.0 Å². The first-order valence-electron chi connectivity index (χ1n) is 9.40. The highest BCUT2D eigenvalue weighted by atomic mass is 15.3. The molecule has 1 saturated carbocycles. The molecule has 0 radical (unpaired) electrons. The minimum atomic E-state index is -0.0594. The molecule has 0 unspecified atom stereocenters. The van der Waals surface area contributed by atoms with Crippen LogP contribution in [-0.2, 0) is 12.6 Å². The second-order valence-electron chi connectivity index (χ2n) is 7.52. The number of rotatable bonds is 4. The van der Waals surface area contributed by atoms with Crippen molar-refractivity contribution in [3.63, 3.8) is 0 Å². The monoisotopic (exact) mass is 372 g/mol. The molecular weight excluding hydrogens is 352 g/mol. The summed E-state index contributed by atoms with van der Waals surface area (Å²) < 4.78 is 5.63. The van der Waals surface area contributed by atoms with Crippen molar-refractivity contribution in [2.75, 3.05) is 0 Å². The van der Waals surface area contributed by atoms with Crippen LogP contribution < -0.4 is 0 Å². The summed E-state index contributed by atoms with van der Waals surface area (Å²) in [4.78, 5) is 4.90. The van der Waals surface area contributed by atoms with Crippen LogP contribution in [0.15, 0.2) is 43.2 Å². The molecule has 4 heterocycles. The maximum Gasteiger partial charge on any atom is 0.0999 e. The molecule has 0 bridgehead atoms. The minimum absolute atomic E-state index is 0.0594. The van der Waals surface area contributed by atoms with Gasteiger partial charge in [-0.1, -0.05) is 6.92 Å². The van der Waals surface area contributed by atoms with Crippen molar-refractivity contribution >= 4 is 5.52 Å². The maximum absolute atomic E-state index is 9.17. The van der Waals surface area contributed by atoms with Crippen LogP contribution in [0.3, 0.4) is 0 Å². The maximum atomic E-state index is 9.17. The fourth-order valence-corrected chi connectivity index (χ4v) is 4.12. The van der Waals surface area contributed by atoms with E-state index in [0.717, 1.165) is 47.3 Å². The van der Waals surface area contributed by atoms with E-state index in [9.17, 15) is 5.26 Å². The smallest absolute Gasteiger partial charge is 0.0999 e. The zero-order chi connectivity index (χ0) is 19.3. The molecule has 0 saturated heterocycles. The third-order valence-electron chi connectivity index (χ3n) is 5.83. The molecule has 4 aromatic rings. The molecule has 0 aliphatic heterocycles. The highest BCUT2D eigenvalue weighted by molar-refractivity contribution is 5.78. The van der Waals surface area contributed by atoms with Crippen LogP contribution in [0.2, 0.25) is 0 Å². The molecule has 0 amide bonds. The van der Waals surface area contributed by atoms with Crippen LogP contribution in [0, 0.1) is 17.2 Å². The van der Waals surface area contributed by atoms with E-state index in [-0.39, 0.29) is 11.5 Å². The zero-order valence-corrected chi connectivity index (χ0v) is 15.8. The third-order valence-corrected chi connectivity index (χ3v) is 5.83. The van der Waals surface area contributed by atoms with E-state index in [2.05, 4.69) is 34.5 Å². The van der Waals surface area contributed by atoms with E-state index < -0.39 is 0 Å². The van der Waals surface area contributed by atoms with Gasteiger partial charge in [-0.25, -0.2) is 9.50 Å². The first kappa shape index (κ1) is 16.7. The summed E-state index contributed by atoms with van der Waals surface area (Å²) in [6, 6.07) is 4.33. The van der Waals surface area contributed by atoms with Gasteiger partial charge in [0.15, 0.2) is 0 Å². The molecule has 140 valence electrons. The summed E-state index contributed by atoms with van der Waals surface area (Å²) >= 11 is 0. The summed E-state index contributed by atoms with van der Waals surface area (Å²) in [6.45, 7) is 2.16. The first-order chi connectivity index (χ1) is 13.6. The van der Waals surface area contributed by atoms with Crippen LogP contribution in [0.4, 0.5) is 0 Å². The van der Waals surface area contributed by atoms with Crippen LogP contribution in [-0.4, -0.2) is 34.2 Å². The highest BCUT2D eigenvalue weighted by Gasteiger charge is 2.45. The molecular formula is C20H20N8. The molecule has 1 fully saturated rings. The predicted octanol–water partition coefficient (Wildman–Crippen LogP) is 3.03. The van der Waals surface area contributed by atoms with E-state index >= 15 is 0 Å². The normalized spacial score (nSPS) is 21.5. The summed E-state index contributed by atoms with van der Waals surface area (Å²) in [7, 11) is 1.89. The lowest BCUT2D eigenvalue weighted by molar-refractivity contribution is 0.0783. The zero-order valence-electron chi connectivity index (χ0n) is 15.8. The molecule has 0 atom stereocenters. The van der Waals surface area contributed by atoms with Gasteiger partial charge in [0.05, 0.1) is 59.2 Å².